The number of benzene rings is 1. The van der Waals surface area contributed by atoms with E-state index in [-0.39, 0.29) is 12.1 Å². The Morgan fingerprint density at radius 3 is 2.32 bits per heavy atom. The number of hydrogen-bond donors (Lipinski definition) is 0. The van der Waals surface area contributed by atoms with Crippen LogP contribution in [0.3, 0.4) is 0 Å². The highest BCUT2D eigenvalue weighted by atomic mass is 16.5. The third-order valence-electron chi connectivity index (χ3n) is 7.14. The summed E-state index contributed by atoms with van der Waals surface area (Å²) in [5.74, 6) is 2.43. The Kier molecular flexibility index (Phi) is 9.96. The van der Waals surface area contributed by atoms with Crippen LogP contribution in [0.15, 0.2) is 36.4 Å². The van der Waals surface area contributed by atoms with E-state index in [1.54, 1.807) is 0 Å². The summed E-state index contributed by atoms with van der Waals surface area (Å²) in [5.41, 5.74) is 2.09. The highest BCUT2D eigenvalue weighted by Gasteiger charge is 2.26. The van der Waals surface area contributed by atoms with Crippen molar-refractivity contribution < 1.29 is 14.3 Å². The van der Waals surface area contributed by atoms with Crippen LogP contribution in [-0.4, -0.2) is 18.7 Å². The van der Waals surface area contributed by atoms with E-state index in [1.165, 1.54) is 69.8 Å². The average Bonchev–Trinajstić information content (AvgIpc) is 3.11. The monoisotopic (exact) mass is 426 g/mol. The number of esters is 1. The molecule has 3 nitrogen and oxygen atoms in total. The van der Waals surface area contributed by atoms with Crippen LogP contribution in [0, 0.1) is 5.92 Å². The van der Waals surface area contributed by atoms with Crippen molar-refractivity contribution >= 4 is 5.97 Å². The van der Waals surface area contributed by atoms with E-state index in [4.69, 9.17) is 9.47 Å². The Morgan fingerprint density at radius 1 is 0.935 bits per heavy atom. The number of carbonyl (C=O) groups excluding carboxylic acids is 1. The van der Waals surface area contributed by atoms with E-state index < -0.39 is 0 Å². The Balaban J connectivity index is 1.27. The van der Waals surface area contributed by atoms with Crippen molar-refractivity contribution in [2.75, 3.05) is 6.61 Å². The summed E-state index contributed by atoms with van der Waals surface area (Å²) in [4.78, 5) is 11.3. The van der Waals surface area contributed by atoms with Crippen molar-refractivity contribution in [1.82, 2.24) is 0 Å². The van der Waals surface area contributed by atoms with Gasteiger partial charge in [-0.1, -0.05) is 64.2 Å². The van der Waals surface area contributed by atoms with Crippen molar-refractivity contribution in [2.24, 2.45) is 5.92 Å². The molecule has 0 spiro atoms. The molecule has 1 aromatic carbocycles. The molecule has 0 aromatic heterocycles. The van der Waals surface area contributed by atoms with Crippen LogP contribution >= 0.6 is 0 Å². The SMILES string of the molecule is C=C1CC(CCCCOc2ccc(C3CCC(CCCCCCC)CC3)cc2)OC1=O. The van der Waals surface area contributed by atoms with Crippen molar-refractivity contribution in [3.05, 3.63) is 42.0 Å². The quantitative estimate of drug-likeness (QED) is 0.184. The molecule has 0 bridgehead atoms. The molecule has 31 heavy (non-hydrogen) atoms. The summed E-state index contributed by atoms with van der Waals surface area (Å²) in [6, 6.07) is 8.82. The average molecular weight is 427 g/mol. The molecule has 3 rings (SSSR count). The fourth-order valence-electron chi connectivity index (χ4n) is 5.12. The summed E-state index contributed by atoms with van der Waals surface area (Å²) in [7, 11) is 0. The van der Waals surface area contributed by atoms with E-state index in [2.05, 4.69) is 37.8 Å². The summed E-state index contributed by atoms with van der Waals surface area (Å²) in [5, 5.41) is 0. The van der Waals surface area contributed by atoms with E-state index in [1.807, 2.05) is 0 Å². The highest BCUT2D eigenvalue weighted by molar-refractivity contribution is 5.89. The molecule has 0 radical (unpaired) electrons. The number of hydrogen-bond acceptors (Lipinski definition) is 3. The predicted molar refractivity (Wildman–Crippen MR) is 128 cm³/mol. The molecular formula is C28H42O3. The standard InChI is InChI=1S/C28H42O3/c1-3-4-5-6-7-10-23-12-14-24(15-13-23)25-16-18-26(19-17-25)30-20-9-8-11-27-21-22(2)28(29)31-27/h16-19,23-24,27H,2-15,20-21H2,1H3. The second-order valence-corrected chi connectivity index (χ2v) is 9.67. The molecule has 1 heterocycles. The van der Waals surface area contributed by atoms with Crippen molar-refractivity contribution in [3.8, 4) is 5.75 Å². The lowest BCUT2D eigenvalue weighted by Gasteiger charge is -2.29. The zero-order valence-electron chi connectivity index (χ0n) is 19.6. The van der Waals surface area contributed by atoms with Gasteiger partial charge in [0.1, 0.15) is 11.9 Å². The highest BCUT2D eigenvalue weighted by Crippen LogP contribution is 2.38. The van der Waals surface area contributed by atoms with Crippen molar-refractivity contribution in [2.45, 2.75) is 109 Å². The zero-order chi connectivity index (χ0) is 21.9. The first-order valence-corrected chi connectivity index (χ1v) is 12.8. The molecule has 0 amide bonds. The zero-order valence-corrected chi connectivity index (χ0v) is 19.6. The Labute approximate surface area is 189 Å². The van der Waals surface area contributed by atoms with Crippen LogP contribution in [-0.2, 0) is 9.53 Å². The van der Waals surface area contributed by atoms with Gasteiger partial charge in [-0.2, -0.15) is 0 Å². The number of ether oxygens (including phenoxy) is 2. The van der Waals surface area contributed by atoms with Crippen LogP contribution in [0.2, 0.25) is 0 Å². The minimum Gasteiger partial charge on any atom is -0.494 e. The molecule has 1 unspecified atom stereocenters. The van der Waals surface area contributed by atoms with Crippen molar-refractivity contribution in [3.63, 3.8) is 0 Å². The molecule has 1 atom stereocenters. The molecule has 3 heteroatoms. The summed E-state index contributed by atoms with van der Waals surface area (Å²) in [6.07, 6.45) is 17.6. The second-order valence-electron chi connectivity index (χ2n) is 9.67. The lowest BCUT2D eigenvalue weighted by atomic mass is 9.77. The molecule has 1 aromatic rings. The van der Waals surface area contributed by atoms with Gasteiger partial charge in [0, 0.05) is 12.0 Å². The minimum absolute atomic E-state index is 0.0235. The third kappa shape index (κ3) is 8.01. The minimum atomic E-state index is -0.225. The smallest absolute Gasteiger partial charge is 0.333 e. The lowest BCUT2D eigenvalue weighted by molar-refractivity contribution is -0.139. The molecule has 1 aliphatic heterocycles. The maximum absolute atomic E-state index is 11.3. The first-order chi connectivity index (χ1) is 15.2. The van der Waals surface area contributed by atoms with Crippen LogP contribution < -0.4 is 4.74 Å². The van der Waals surface area contributed by atoms with E-state index in [0.29, 0.717) is 18.6 Å². The Hall–Kier alpha value is -1.77. The van der Waals surface area contributed by atoms with Gasteiger partial charge in [0.15, 0.2) is 0 Å². The van der Waals surface area contributed by atoms with Crippen LogP contribution in [0.25, 0.3) is 0 Å². The molecule has 1 saturated heterocycles. The van der Waals surface area contributed by atoms with Gasteiger partial charge < -0.3 is 9.47 Å². The Bertz CT molecular complexity index is 654. The lowest BCUT2D eigenvalue weighted by Crippen LogP contribution is -2.13. The number of unbranched alkanes of at least 4 members (excludes halogenated alkanes) is 5. The number of cyclic esters (lactones) is 1. The van der Waals surface area contributed by atoms with Gasteiger partial charge in [-0.15, -0.1) is 0 Å². The summed E-state index contributed by atoms with van der Waals surface area (Å²) >= 11 is 0. The van der Waals surface area contributed by atoms with E-state index in [9.17, 15) is 4.79 Å². The van der Waals surface area contributed by atoms with Gasteiger partial charge in [0.2, 0.25) is 0 Å². The van der Waals surface area contributed by atoms with Crippen molar-refractivity contribution in [1.29, 1.82) is 0 Å². The second kappa shape index (κ2) is 12.9. The molecule has 172 valence electrons. The Morgan fingerprint density at radius 2 is 1.65 bits per heavy atom. The summed E-state index contributed by atoms with van der Waals surface area (Å²) in [6.45, 7) is 6.74. The summed E-state index contributed by atoms with van der Waals surface area (Å²) < 4.78 is 11.2. The van der Waals surface area contributed by atoms with Gasteiger partial charge in [-0.3, -0.25) is 0 Å². The first-order valence-electron chi connectivity index (χ1n) is 12.8. The van der Waals surface area contributed by atoms with Gasteiger partial charge in [0.25, 0.3) is 0 Å². The first kappa shape index (κ1) is 23.9. The largest absolute Gasteiger partial charge is 0.494 e. The molecule has 0 N–H and O–H groups in total. The molecule has 1 aliphatic carbocycles. The third-order valence-corrected chi connectivity index (χ3v) is 7.14. The maximum Gasteiger partial charge on any atom is 0.333 e. The molecular weight excluding hydrogens is 384 g/mol. The van der Waals surface area contributed by atoms with Gasteiger partial charge >= 0.3 is 5.97 Å². The van der Waals surface area contributed by atoms with Crippen LogP contribution in [0.5, 0.6) is 5.75 Å². The van der Waals surface area contributed by atoms with Crippen LogP contribution in [0.4, 0.5) is 0 Å². The van der Waals surface area contributed by atoms with Gasteiger partial charge in [-0.25, -0.2) is 4.79 Å². The molecule has 1 saturated carbocycles. The fourth-order valence-corrected chi connectivity index (χ4v) is 5.12. The van der Waals surface area contributed by atoms with E-state index >= 15 is 0 Å². The molecule has 2 aliphatic rings. The van der Waals surface area contributed by atoms with E-state index in [0.717, 1.165) is 36.8 Å². The fraction of sp³-hybridized carbons (Fsp3) is 0.679. The normalized spacial score (nSPS) is 23.7. The number of rotatable bonds is 13. The van der Waals surface area contributed by atoms with Gasteiger partial charge in [0.05, 0.1) is 6.61 Å². The molecule has 2 fully saturated rings. The van der Waals surface area contributed by atoms with Crippen LogP contribution in [0.1, 0.15) is 108 Å². The number of carbonyl (C=O) groups is 1. The maximum atomic E-state index is 11.3. The predicted octanol–water partition coefficient (Wildman–Crippen LogP) is 7.74. The topological polar surface area (TPSA) is 35.5 Å². The van der Waals surface area contributed by atoms with Gasteiger partial charge in [-0.05, 0) is 74.5 Å².